The molecule has 0 unspecified atom stereocenters. The van der Waals surface area contributed by atoms with E-state index in [1.54, 1.807) is 18.2 Å². The van der Waals surface area contributed by atoms with Crippen molar-refractivity contribution in [1.82, 2.24) is 5.01 Å². The Morgan fingerprint density at radius 2 is 2.04 bits per heavy atom. The van der Waals surface area contributed by atoms with Crippen LogP contribution in [-0.2, 0) is 9.53 Å². The average molecular weight is 414 g/mol. The Morgan fingerprint density at radius 3 is 2.70 bits per heavy atom. The van der Waals surface area contributed by atoms with Crippen LogP contribution in [0.15, 0.2) is 52.0 Å². The van der Waals surface area contributed by atoms with Crippen LogP contribution in [0.5, 0.6) is 0 Å². The Bertz CT molecular complexity index is 810. The molecule has 23 heavy (non-hydrogen) atoms. The number of rotatable bonds is 2. The number of ether oxygens (including phenoxy) is 1. The zero-order valence-electron chi connectivity index (χ0n) is 12.0. The van der Waals surface area contributed by atoms with E-state index in [1.807, 2.05) is 24.3 Å². The van der Waals surface area contributed by atoms with E-state index < -0.39 is 6.23 Å². The SMILES string of the molecule is CC(=O)N1N=C(c2cccc(Br)c2)O[C@H]1c1ccc(Cl)cc1Cl. The topological polar surface area (TPSA) is 41.9 Å². The van der Waals surface area contributed by atoms with Gasteiger partial charge in [-0.3, -0.25) is 4.79 Å². The number of amides is 1. The number of hydrazone groups is 1. The molecule has 0 saturated carbocycles. The maximum atomic E-state index is 11.9. The van der Waals surface area contributed by atoms with E-state index in [1.165, 1.54) is 11.9 Å². The highest BCUT2D eigenvalue weighted by molar-refractivity contribution is 9.10. The number of halogens is 3. The van der Waals surface area contributed by atoms with Crippen LogP contribution in [0.3, 0.4) is 0 Å². The Balaban J connectivity index is 1.99. The highest BCUT2D eigenvalue weighted by Crippen LogP contribution is 2.35. The van der Waals surface area contributed by atoms with Crippen molar-refractivity contribution in [2.45, 2.75) is 13.2 Å². The van der Waals surface area contributed by atoms with Crippen molar-refractivity contribution in [2.75, 3.05) is 0 Å². The smallest absolute Gasteiger partial charge is 0.243 e. The van der Waals surface area contributed by atoms with Gasteiger partial charge in [-0.05, 0) is 30.3 Å². The van der Waals surface area contributed by atoms with E-state index in [0.717, 1.165) is 10.0 Å². The minimum atomic E-state index is -0.716. The fourth-order valence-electron chi connectivity index (χ4n) is 2.21. The van der Waals surface area contributed by atoms with E-state index in [9.17, 15) is 4.79 Å². The summed E-state index contributed by atoms with van der Waals surface area (Å²) < 4.78 is 6.78. The second-order valence-corrected chi connectivity index (χ2v) is 6.67. The molecule has 0 spiro atoms. The summed E-state index contributed by atoms with van der Waals surface area (Å²) in [5.41, 5.74) is 1.39. The molecule has 0 radical (unpaired) electrons. The largest absolute Gasteiger partial charge is 0.446 e. The summed E-state index contributed by atoms with van der Waals surface area (Å²) in [6.07, 6.45) is -0.716. The molecule has 0 bridgehead atoms. The van der Waals surface area contributed by atoms with Gasteiger partial charge in [-0.25, -0.2) is 0 Å². The lowest BCUT2D eigenvalue weighted by molar-refractivity contribution is -0.135. The highest BCUT2D eigenvalue weighted by atomic mass is 79.9. The normalized spacial score (nSPS) is 17.0. The van der Waals surface area contributed by atoms with Crippen molar-refractivity contribution in [3.8, 4) is 0 Å². The van der Waals surface area contributed by atoms with Gasteiger partial charge in [0.05, 0.1) is 5.02 Å². The van der Waals surface area contributed by atoms with Crippen molar-refractivity contribution in [2.24, 2.45) is 5.10 Å². The number of hydrogen-bond acceptors (Lipinski definition) is 3. The Morgan fingerprint density at radius 1 is 1.26 bits per heavy atom. The van der Waals surface area contributed by atoms with E-state index in [4.69, 9.17) is 27.9 Å². The second kappa shape index (κ2) is 6.51. The first-order valence-electron chi connectivity index (χ1n) is 6.71. The molecule has 2 aromatic carbocycles. The van der Waals surface area contributed by atoms with Crippen LogP contribution >= 0.6 is 39.1 Å². The van der Waals surface area contributed by atoms with E-state index in [0.29, 0.717) is 21.5 Å². The van der Waals surface area contributed by atoms with Crippen molar-refractivity contribution in [3.63, 3.8) is 0 Å². The predicted octanol–water partition coefficient (Wildman–Crippen LogP) is 5.00. The van der Waals surface area contributed by atoms with Crippen molar-refractivity contribution < 1.29 is 9.53 Å². The van der Waals surface area contributed by atoms with Gasteiger partial charge < -0.3 is 4.74 Å². The summed E-state index contributed by atoms with van der Waals surface area (Å²) in [5, 5.41) is 6.48. The third-order valence-corrected chi connectivity index (χ3v) is 4.32. The molecular formula is C16H11BrCl2N2O2. The molecule has 118 valence electrons. The molecule has 0 aromatic heterocycles. The lowest BCUT2D eigenvalue weighted by Gasteiger charge is -2.20. The monoisotopic (exact) mass is 412 g/mol. The highest BCUT2D eigenvalue weighted by Gasteiger charge is 2.34. The van der Waals surface area contributed by atoms with Gasteiger partial charge in [-0.2, -0.15) is 5.01 Å². The maximum Gasteiger partial charge on any atom is 0.243 e. The van der Waals surface area contributed by atoms with Crippen LogP contribution in [0.25, 0.3) is 0 Å². The zero-order valence-corrected chi connectivity index (χ0v) is 15.1. The average Bonchev–Trinajstić information content (AvgIpc) is 2.92. The summed E-state index contributed by atoms with van der Waals surface area (Å²) in [4.78, 5) is 11.9. The summed E-state index contributed by atoms with van der Waals surface area (Å²) in [7, 11) is 0. The van der Waals surface area contributed by atoms with Crippen molar-refractivity contribution in [3.05, 3.63) is 68.1 Å². The van der Waals surface area contributed by atoms with Gasteiger partial charge in [-0.1, -0.05) is 51.3 Å². The van der Waals surface area contributed by atoms with Gasteiger partial charge in [-0.15, -0.1) is 5.10 Å². The molecule has 4 nitrogen and oxygen atoms in total. The maximum absolute atomic E-state index is 11.9. The first-order valence-corrected chi connectivity index (χ1v) is 8.26. The van der Waals surface area contributed by atoms with Gasteiger partial charge in [0.1, 0.15) is 0 Å². The Kier molecular flexibility index (Phi) is 4.62. The van der Waals surface area contributed by atoms with Gasteiger partial charge >= 0.3 is 0 Å². The molecule has 2 aromatic rings. The van der Waals surface area contributed by atoms with Gasteiger partial charge in [0.15, 0.2) is 0 Å². The van der Waals surface area contributed by atoms with Crippen molar-refractivity contribution in [1.29, 1.82) is 0 Å². The zero-order chi connectivity index (χ0) is 16.6. The number of benzene rings is 2. The van der Waals surface area contributed by atoms with Crippen LogP contribution in [0.1, 0.15) is 24.3 Å². The molecule has 0 N–H and O–H groups in total. The van der Waals surface area contributed by atoms with Crippen LogP contribution in [0.2, 0.25) is 10.0 Å². The Hall–Kier alpha value is -1.56. The molecule has 0 fully saturated rings. The lowest BCUT2D eigenvalue weighted by atomic mass is 10.2. The summed E-state index contributed by atoms with van der Waals surface area (Å²) >= 11 is 15.6. The lowest BCUT2D eigenvalue weighted by Crippen LogP contribution is -2.25. The third kappa shape index (κ3) is 3.37. The fourth-order valence-corrected chi connectivity index (χ4v) is 3.11. The number of hydrogen-bond donors (Lipinski definition) is 0. The van der Waals surface area contributed by atoms with E-state index in [2.05, 4.69) is 21.0 Å². The van der Waals surface area contributed by atoms with Crippen LogP contribution in [-0.4, -0.2) is 16.8 Å². The molecule has 7 heteroatoms. The number of carbonyl (C=O) groups excluding carboxylic acids is 1. The van der Waals surface area contributed by atoms with Crippen LogP contribution < -0.4 is 0 Å². The number of carbonyl (C=O) groups is 1. The molecule has 3 rings (SSSR count). The van der Waals surface area contributed by atoms with Gasteiger partial charge in [0.25, 0.3) is 0 Å². The summed E-state index contributed by atoms with van der Waals surface area (Å²) in [5.74, 6) is 0.114. The number of nitrogens with zero attached hydrogens (tertiary/aromatic N) is 2. The van der Waals surface area contributed by atoms with E-state index >= 15 is 0 Å². The first kappa shape index (κ1) is 16.3. The Labute approximate surface area is 151 Å². The molecule has 1 aliphatic heterocycles. The quantitative estimate of drug-likeness (QED) is 0.695. The third-order valence-electron chi connectivity index (χ3n) is 3.27. The standard InChI is InChI=1S/C16H11BrCl2N2O2/c1-9(22)21-16(13-6-5-12(18)8-14(13)19)23-15(20-21)10-3-2-4-11(17)7-10/h2-8,16H,1H3/t16-/m0/s1. The summed E-state index contributed by atoms with van der Waals surface area (Å²) in [6, 6.07) is 12.5. The first-order chi connectivity index (χ1) is 11.0. The van der Waals surface area contributed by atoms with Crippen LogP contribution in [0.4, 0.5) is 0 Å². The molecule has 1 heterocycles. The molecule has 1 atom stereocenters. The van der Waals surface area contributed by atoms with Crippen molar-refractivity contribution >= 4 is 50.9 Å². The summed E-state index contributed by atoms with van der Waals surface area (Å²) in [6.45, 7) is 1.42. The molecular weight excluding hydrogens is 403 g/mol. The van der Waals surface area contributed by atoms with Crippen LogP contribution in [0, 0.1) is 0 Å². The molecule has 1 aliphatic rings. The molecule has 0 saturated heterocycles. The molecule has 1 amide bonds. The minimum absolute atomic E-state index is 0.244. The minimum Gasteiger partial charge on any atom is -0.446 e. The molecule has 0 aliphatic carbocycles. The van der Waals surface area contributed by atoms with Gasteiger partial charge in [0, 0.05) is 27.5 Å². The predicted molar refractivity (Wildman–Crippen MR) is 93.5 cm³/mol. The fraction of sp³-hybridized carbons (Fsp3) is 0.125. The second-order valence-electron chi connectivity index (χ2n) is 4.92. The van der Waals surface area contributed by atoms with E-state index in [-0.39, 0.29) is 5.91 Å². The van der Waals surface area contributed by atoms with Gasteiger partial charge in [0.2, 0.25) is 18.0 Å².